The Hall–Kier alpha value is -2.37. The third-order valence-electron chi connectivity index (χ3n) is 4.09. The second-order valence-electron chi connectivity index (χ2n) is 6.38. The van der Waals surface area contributed by atoms with Crippen molar-refractivity contribution in [1.29, 1.82) is 0 Å². The summed E-state index contributed by atoms with van der Waals surface area (Å²) in [6.45, 7) is 3.37. The van der Waals surface area contributed by atoms with Gasteiger partial charge in [-0.25, -0.2) is 0 Å². The van der Waals surface area contributed by atoms with Crippen LogP contribution in [0.25, 0.3) is 0 Å². The van der Waals surface area contributed by atoms with E-state index in [1.165, 1.54) is 11.1 Å². The van der Waals surface area contributed by atoms with E-state index in [1.54, 1.807) is 0 Å². The molecule has 0 radical (unpaired) electrons. The number of ether oxygens (including phenoxy) is 2. The van der Waals surface area contributed by atoms with Crippen LogP contribution in [-0.2, 0) is 22.6 Å². The van der Waals surface area contributed by atoms with E-state index >= 15 is 0 Å². The van der Waals surface area contributed by atoms with Crippen LogP contribution in [0.1, 0.15) is 30.4 Å². The van der Waals surface area contributed by atoms with Crippen molar-refractivity contribution in [2.75, 3.05) is 26.3 Å². The van der Waals surface area contributed by atoms with Gasteiger partial charge in [-0.3, -0.25) is 4.79 Å². The van der Waals surface area contributed by atoms with Crippen molar-refractivity contribution < 1.29 is 19.4 Å². The van der Waals surface area contributed by atoms with Gasteiger partial charge in [0, 0.05) is 13.2 Å². The van der Waals surface area contributed by atoms with Gasteiger partial charge in [-0.2, -0.15) is 0 Å². The first kappa shape index (κ1) is 20.9. The van der Waals surface area contributed by atoms with Crippen LogP contribution in [0.15, 0.2) is 54.6 Å². The number of rotatable bonds is 14. The number of benzene rings is 2. The number of unbranched alkanes of at least 4 members (excludes halogenated alkanes) is 1. The monoisotopic (exact) mass is 371 g/mol. The molecule has 0 heterocycles. The lowest BCUT2D eigenvalue weighted by Crippen LogP contribution is -2.20. The minimum absolute atomic E-state index is 0.157. The third kappa shape index (κ3) is 9.78. The Kier molecular flexibility index (Phi) is 10.0. The van der Waals surface area contributed by atoms with Gasteiger partial charge in [0.25, 0.3) is 0 Å². The molecule has 0 aliphatic rings. The first-order valence-electron chi connectivity index (χ1n) is 9.50. The molecule has 146 valence electrons. The molecule has 2 aromatic carbocycles. The van der Waals surface area contributed by atoms with E-state index in [0.717, 1.165) is 38.2 Å². The molecule has 27 heavy (non-hydrogen) atoms. The molecule has 0 bridgehead atoms. The maximum atomic E-state index is 10.4. The average Bonchev–Trinajstić information content (AvgIpc) is 2.68. The minimum atomic E-state index is -0.772. The fourth-order valence-electron chi connectivity index (χ4n) is 2.57. The number of aliphatic carboxylic acids is 1. The lowest BCUT2D eigenvalue weighted by molar-refractivity contribution is -0.136. The molecule has 0 fully saturated rings. The fraction of sp³-hybridized carbons (Fsp3) is 0.409. The normalized spacial score (nSPS) is 10.7. The predicted molar refractivity (Wildman–Crippen MR) is 106 cm³/mol. The Morgan fingerprint density at radius 2 is 1.63 bits per heavy atom. The van der Waals surface area contributed by atoms with Crippen molar-refractivity contribution in [3.05, 3.63) is 65.7 Å². The molecule has 0 unspecified atom stereocenters. The van der Waals surface area contributed by atoms with Crippen LogP contribution in [0, 0.1) is 0 Å². The van der Waals surface area contributed by atoms with Crippen LogP contribution in [-0.4, -0.2) is 37.4 Å². The minimum Gasteiger partial charge on any atom is -0.494 e. The van der Waals surface area contributed by atoms with Crippen LogP contribution in [0.3, 0.4) is 0 Å². The standard InChI is InChI=1S/C22H29NO4/c24-22(25)13-15-23-14-12-19-8-10-21(11-9-19)27-17-5-4-16-26-18-20-6-2-1-3-7-20/h1-3,6-11,23H,4-5,12-18H2,(H,24,25). The second kappa shape index (κ2) is 12.9. The Bertz CT molecular complexity index is 643. The summed E-state index contributed by atoms with van der Waals surface area (Å²) in [6, 6.07) is 18.3. The van der Waals surface area contributed by atoms with Gasteiger partial charge in [-0.1, -0.05) is 42.5 Å². The molecule has 0 spiro atoms. The number of carbonyl (C=O) groups is 1. The maximum Gasteiger partial charge on any atom is 0.304 e. The zero-order chi connectivity index (χ0) is 19.2. The zero-order valence-electron chi connectivity index (χ0n) is 15.7. The van der Waals surface area contributed by atoms with Crippen molar-refractivity contribution in [1.82, 2.24) is 5.32 Å². The highest BCUT2D eigenvalue weighted by molar-refractivity contribution is 5.66. The van der Waals surface area contributed by atoms with Gasteiger partial charge in [-0.15, -0.1) is 0 Å². The van der Waals surface area contributed by atoms with Gasteiger partial charge in [0.2, 0.25) is 0 Å². The smallest absolute Gasteiger partial charge is 0.304 e. The van der Waals surface area contributed by atoms with E-state index in [4.69, 9.17) is 14.6 Å². The van der Waals surface area contributed by atoms with Gasteiger partial charge < -0.3 is 19.9 Å². The molecule has 0 aliphatic heterocycles. The summed E-state index contributed by atoms with van der Waals surface area (Å²) < 4.78 is 11.4. The Morgan fingerprint density at radius 3 is 2.37 bits per heavy atom. The number of carboxylic acids is 1. The van der Waals surface area contributed by atoms with Gasteiger partial charge in [0.1, 0.15) is 5.75 Å². The quantitative estimate of drug-likeness (QED) is 0.496. The third-order valence-corrected chi connectivity index (χ3v) is 4.09. The van der Waals surface area contributed by atoms with Crippen LogP contribution >= 0.6 is 0 Å². The Balaban J connectivity index is 1.49. The molecule has 2 aromatic rings. The van der Waals surface area contributed by atoms with Crippen LogP contribution < -0.4 is 10.1 Å². The van der Waals surface area contributed by atoms with E-state index < -0.39 is 5.97 Å². The summed E-state index contributed by atoms with van der Waals surface area (Å²) in [5.41, 5.74) is 2.41. The highest BCUT2D eigenvalue weighted by Gasteiger charge is 1.99. The number of hydrogen-bond donors (Lipinski definition) is 2. The molecule has 0 saturated carbocycles. The summed E-state index contributed by atoms with van der Waals surface area (Å²) in [7, 11) is 0. The van der Waals surface area contributed by atoms with Crippen molar-refractivity contribution in [3.63, 3.8) is 0 Å². The largest absolute Gasteiger partial charge is 0.494 e. The first-order chi connectivity index (χ1) is 13.2. The van der Waals surface area contributed by atoms with Crippen LogP contribution in [0.2, 0.25) is 0 Å². The van der Waals surface area contributed by atoms with E-state index in [2.05, 4.69) is 29.6 Å². The maximum absolute atomic E-state index is 10.4. The topological polar surface area (TPSA) is 67.8 Å². The summed E-state index contributed by atoms with van der Waals surface area (Å²) >= 11 is 0. The molecule has 0 aromatic heterocycles. The van der Waals surface area contributed by atoms with Crippen molar-refractivity contribution >= 4 is 5.97 Å². The van der Waals surface area contributed by atoms with Gasteiger partial charge in [-0.05, 0) is 49.1 Å². The predicted octanol–water partition coefficient (Wildman–Crippen LogP) is 3.67. The Labute approximate surface area is 161 Å². The van der Waals surface area contributed by atoms with E-state index in [9.17, 15) is 4.79 Å². The summed E-state index contributed by atoms with van der Waals surface area (Å²) in [4.78, 5) is 10.4. The van der Waals surface area contributed by atoms with E-state index in [1.807, 2.05) is 30.3 Å². The lowest BCUT2D eigenvalue weighted by Gasteiger charge is -2.08. The molecule has 0 saturated heterocycles. The van der Waals surface area contributed by atoms with Crippen molar-refractivity contribution in [3.8, 4) is 5.75 Å². The molecule has 2 N–H and O–H groups in total. The molecule has 0 atom stereocenters. The zero-order valence-corrected chi connectivity index (χ0v) is 15.7. The molecular weight excluding hydrogens is 342 g/mol. The van der Waals surface area contributed by atoms with Crippen molar-refractivity contribution in [2.24, 2.45) is 0 Å². The highest BCUT2D eigenvalue weighted by atomic mass is 16.5. The van der Waals surface area contributed by atoms with Crippen LogP contribution in [0.5, 0.6) is 5.75 Å². The number of carboxylic acid groups (broad SMARTS) is 1. The number of nitrogens with one attached hydrogen (secondary N) is 1. The van der Waals surface area contributed by atoms with E-state index in [0.29, 0.717) is 19.8 Å². The molecule has 2 rings (SSSR count). The van der Waals surface area contributed by atoms with Crippen molar-refractivity contribution in [2.45, 2.75) is 32.3 Å². The molecule has 0 amide bonds. The van der Waals surface area contributed by atoms with Gasteiger partial charge >= 0.3 is 5.97 Å². The molecular formula is C22H29NO4. The van der Waals surface area contributed by atoms with Gasteiger partial charge in [0.15, 0.2) is 0 Å². The highest BCUT2D eigenvalue weighted by Crippen LogP contribution is 2.13. The van der Waals surface area contributed by atoms with E-state index in [-0.39, 0.29) is 6.42 Å². The average molecular weight is 371 g/mol. The molecule has 5 heteroatoms. The summed E-state index contributed by atoms with van der Waals surface area (Å²) in [5.74, 6) is 0.106. The number of hydrogen-bond acceptors (Lipinski definition) is 4. The SMILES string of the molecule is O=C(O)CCNCCc1ccc(OCCCCOCc2ccccc2)cc1. The first-order valence-corrected chi connectivity index (χ1v) is 9.50. The van der Waals surface area contributed by atoms with Gasteiger partial charge in [0.05, 0.1) is 19.6 Å². The summed E-state index contributed by atoms with van der Waals surface area (Å²) in [6.07, 6.45) is 2.97. The Morgan fingerprint density at radius 1 is 0.889 bits per heavy atom. The lowest BCUT2D eigenvalue weighted by atomic mass is 10.1. The second-order valence-corrected chi connectivity index (χ2v) is 6.38. The fourth-order valence-corrected chi connectivity index (χ4v) is 2.57. The molecule has 0 aliphatic carbocycles. The summed E-state index contributed by atoms with van der Waals surface area (Å²) in [5, 5.41) is 11.7. The molecule has 5 nitrogen and oxygen atoms in total. The van der Waals surface area contributed by atoms with Crippen LogP contribution in [0.4, 0.5) is 0 Å².